The van der Waals surface area contributed by atoms with Crippen molar-refractivity contribution in [1.29, 1.82) is 0 Å². The lowest BCUT2D eigenvalue weighted by atomic mass is 10.3. The minimum atomic E-state index is -0.650. The van der Waals surface area contributed by atoms with Crippen molar-refractivity contribution in [1.82, 2.24) is 15.6 Å². The van der Waals surface area contributed by atoms with E-state index < -0.39 is 6.03 Å². The number of rotatable bonds is 4. The molecule has 0 aromatic carbocycles. The van der Waals surface area contributed by atoms with Gasteiger partial charge < -0.3 is 11.1 Å². The number of nitrogens with zero attached hydrogens (tertiary/aromatic N) is 2. The maximum atomic E-state index is 10.8. The van der Waals surface area contributed by atoms with Crippen LogP contribution in [0.4, 0.5) is 4.79 Å². The van der Waals surface area contributed by atoms with Crippen molar-refractivity contribution in [3.05, 3.63) is 29.0 Å². The predicted octanol–water partition coefficient (Wildman–Crippen LogP) is 1.30. The second-order valence-corrected chi connectivity index (χ2v) is 4.61. The third-order valence-corrected chi connectivity index (χ3v) is 2.46. The van der Waals surface area contributed by atoms with Gasteiger partial charge in [-0.3, -0.25) is 15.3 Å². The maximum absolute atomic E-state index is 10.8. The van der Waals surface area contributed by atoms with E-state index >= 15 is 0 Å². The van der Waals surface area contributed by atoms with Crippen LogP contribution in [0.1, 0.15) is 19.5 Å². The summed E-state index contributed by atoms with van der Waals surface area (Å²) in [6.45, 7) is 4.33. The van der Waals surface area contributed by atoms with E-state index in [-0.39, 0.29) is 6.04 Å². The average Bonchev–Trinajstić information content (AvgIpc) is 2.30. The molecular formula is C12H18ClN5O. The first-order valence-corrected chi connectivity index (χ1v) is 6.33. The molecule has 0 unspecified atom stereocenters. The number of nitrogens with one attached hydrogen (secondary N) is 2. The maximum Gasteiger partial charge on any atom is 0.318 e. The molecule has 0 aliphatic heterocycles. The fourth-order valence-corrected chi connectivity index (χ4v) is 1.60. The van der Waals surface area contributed by atoms with Gasteiger partial charge >= 0.3 is 6.03 Å². The first-order chi connectivity index (χ1) is 8.99. The van der Waals surface area contributed by atoms with Gasteiger partial charge in [0, 0.05) is 25.2 Å². The van der Waals surface area contributed by atoms with E-state index in [2.05, 4.69) is 20.6 Å². The highest BCUT2D eigenvalue weighted by Gasteiger charge is 2.04. The molecule has 0 aliphatic carbocycles. The molecule has 0 aliphatic rings. The van der Waals surface area contributed by atoms with Gasteiger partial charge in [0.1, 0.15) is 0 Å². The van der Waals surface area contributed by atoms with Crippen LogP contribution in [0.5, 0.6) is 0 Å². The molecule has 2 amide bonds. The number of halogens is 1. The number of aliphatic imine (C=N–C) groups is 1. The standard InChI is InChI=1S/C12H18ClN5O/c1-8(2)17-12(18-11(14)19)16-7-5-10-9(13)4-3-6-15-10/h3-4,6,8H,5,7H2,1-2H3,(H4,14,16,17,18,19). The number of aromatic nitrogens is 1. The van der Waals surface area contributed by atoms with Crippen LogP contribution in [-0.4, -0.2) is 29.6 Å². The van der Waals surface area contributed by atoms with Gasteiger partial charge in [-0.05, 0) is 26.0 Å². The van der Waals surface area contributed by atoms with Crippen molar-refractivity contribution in [3.8, 4) is 0 Å². The molecule has 1 aromatic heterocycles. The van der Waals surface area contributed by atoms with Crippen molar-refractivity contribution in [2.75, 3.05) is 6.54 Å². The van der Waals surface area contributed by atoms with E-state index in [4.69, 9.17) is 17.3 Å². The van der Waals surface area contributed by atoms with E-state index in [1.54, 1.807) is 18.3 Å². The Kier molecular flexibility index (Phi) is 6.08. The van der Waals surface area contributed by atoms with Crippen LogP contribution in [0.25, 0.3) is 0 Å². The zero-order valence-electron chi connectivity index (χ0n) is 11.0. The summed E-state index contributed by atoms with van der Waals surface area (Å²) in [7, 11) is 0. The largest absolute Gasteiger partial charge is 0.354 e. The van der Waals surface area contributed by atoms with Gasteiger partial charge in [-0.2, -0.15) is 0 Å². The van der Waals surface area contributed by atoms with E-state index in [0.717, 1.165) is 5.69 Å². The van der Waals surface area contributed by atoms with Crippen LogP contribution >= 0.6 is 11.6 Å². The Bertz CT molecular complexity index is 461. The molecule has 1 aromatic rings. The Morgan fingerprint density at radius 3 is 2.89 bits per heavy atom. The smallest absolute Gasteiger partial charge is 0.318 e. The summed E-state index contributed by atoms with van der Waals surface area (Å²) in [5, 5.41) is 6.04. The molecule has 7 heteroatoms. The Balaban J connectivity index is 2.60. The van der Waals surface area contributed by atoms with Gasteiger partial charge in [0.25, 0.3) is 0 Å². The summed E-state index contributed by atoms with van der Waals surface area (Å²) in [5.41, 5.74) is 5.85. The normalized spacial score (nSPS) is 11.5. The van der Waals surface area contributed by atoms with E-state index in [0.29, 0.717) is 23.9 Å². The monoisotopic (exact) mass is 283 g/mol. The molecule has 0 atom stereocenters. The molecule has 0 spiro atoms. The summed E-state index contributed by atoms with van der Waals surface area (Å²) in [6, 6.07) is 3.05. The highest BCUT2D eigenvalue weighted by molar-refractivity contribution is 6.31. The number of amides is 2. The molecule has 0 saturated heterocycles. The number of hydrogen-bond acceptors (Lipinski definition) is 3. The summed E-state index contributed by atoms with van der Waals surface area (Å²) in [4.78, 5) is 19.2. The number of carbonyl (C=O) groups is 1. The van der Waals surface area contributed by atoms with Gasteiger partial charge in [0.2, 0.25) is 0 Å². The van der Waals surface area contributed by atoms with Crippen molar-refractivity contribution in [2.24, 2.45) is 10.7 Å². The summed E-state index contributed by atoms with van der Waals surface area (Å²) in [5.74, 6) is 0.356. The second kappa shape index (κ2) is 7.58. The third-order valence-electron chi connectivity index (χ3n) is 2.12. The number of urea groups is 1. The lowest BCUT2D eigenvalue weighted by Crippen LogP contribution is -2.46. The topological polar surface area (TPSA) is 92.4 Å². The summed E-state index contributed by atoms with van der Waals surface area (Å²) in [6.07, 6.45) is 2.27. The molecule has 4 N–H and O–H groups in total. The minimum absolute atomic E-state index is 0.143. The Labute approximate surface area is 117 Å². The molecule has 0 saturated carbocycles. The van der Waals surface area contributed by atoms with Crippen LogP contribution in [0.15, 0.2) is 23.3 Å². The molecule has 0 bridgehead atoms. The van der Waals surface area contributed by atoms with Crippen molar-refractivity contribution < 1.29 is 4.79 Å². The van der Waals surface area contributed by atoms with Gasteiger partial charge in [-0.15, -0.1) is 0 Å². The molecule has 19 heavy (non-hydrogen) atoms. The van der Waals surface area contributed by atoms with Crippen molar-refractivity contribution in [2.45, 2.75) is 26.3 Å². The molecule has 1 heterocycles. The van der Waals surface area contributed by atoms with Crippen molar-refractivity contribution >= 4 is 23.6 Å². The molecule has 0 fully saturated rings. The van der Waals surface area contributed by atoms with Crippen LogP contribution in [0, 0.1) is 0 Å². The predicted molar refractivity (Wildman–Crippen MR) is 76.2 cm³/mol. The van der Waals surface area contributed by atoms with E-state index in [9.17, 15) is 4.79 Å². The number of nitrogens with two attached hydrogens (primary N) is 1. The van der Waals surface area contributed by atoms with Gasteiger partial charge in [-0.1, -0.05) is 11.6 Å². The number of primary amides is 1. The fourth-order valence-electron chi connectivity index (χ4n) is 1.39. The SMILES string of the molecule is CC(C)NC(=NCCc1ncccc1Cl)NC(N)=O. The zero-order chi connectivity index (χ0) is 14.3. The molecule has 0 radical (unpaired) electrons. The van der Waals surface area contributed by atoms with Gasteiger partial charge in [-0.25, -0.2) is 4.79 Å². The Morgan fingerprint density at radius 2 is 2.32 bits per heavy atom. The second-order valence-electron chi connectivity index (χ2n) is 4.20. The Hall–Kier alpha value is -1.82. The highest BCUT2D eigenvalue weighted by atomic mass is 35.5. The van der Waals surface area contributed by atoms with E-state index in [1.165, 1.54) is 0 Å². The molecule has 104 valence electrons. The Morgan fingerprint density at radius 1 is 1.58 bits per heavy atom. The van der Waals surface area contributed by atoms with Crippen LogP contribution in [0.3, 0.4) is 0 Å². The minimum Gasteiger partial charge on any atom is -0.354 e. The third kappa shape index (κ3) is 6.05. The van der Waals surface area contributed by atoms with Gasteiger partial charge in [0.05, 0.1) is 10.7 Å². The number of hydrogen-bond donors (Lipinski definition) is 3. The molecular weight excluding hydrogens is 266 g/mol. The average molecular weight is 284 g/mol. The first kappa shape index (κ1) is 15.2. The van der Waals surface area contributed by atoms with Crippen LogP contribution in [-0.2, 0) is 6.42 Å². The summed E-state index contributed by atoms with van der Waals surface area (Å²) < 4.78 is 0. The van der Waals surface area contributed by atoms with Crippen molar-refractivity contribution in [3.63, 3.8) is 0 Å². The fraction of sp³-hybridized carbons (Fsp3) is 0.417. The first-order valence-electron chi connectivity index (χ1n) is 5.96. The van der Waals surface area contributed by atoms with E-state index in [1.807, 2.05) is 13.8 Å². The number of guanidine groups is 1. The molecule has 1 rings (SSSR count). The summed E-state index contributed by atoms with van der Waals surface area (Å²) >= 11 is 5.99. The van der Waals surface area contributed by atoms with Crippen LogP contribution in [0.2, 0.25) is 5.02 Å². The number of carbonyl (C=O) groups excluding carboxylic acids is 1. The lowest BCUT2D eigenvalue weighted by molar-refractivity contribution is 0.252. The zero-order valence-corrected chi connectivity index (χ0v) is 11.7. The highest BCUT2D eigenvalue weighted by Crippen LogP contribution is 2.12. The number of pyridine rings is 1. The lowest BCUT2D eigenvalue weighted by Gasteiger charge is -2.12. The quantitative estimate of drug-likeness (QED) is 0.574. The van der Waals surface area contributed by atoms with Crippen LogP contribution < -0.4 is 16.4 Å². The van der Waals surface area contributed by atoms with Gasteiger partial charge in [0.15, 0.2) is 5.96 Å². The molecule has 6 nitrogen and oxygen atoms in total.